The lowest BCUT2D eigenvalue weighted by Gasteiger charge is -2.36. The molecule has 1 aromatic carbocycles. The molecule has 1 aliphatic heterocycles. The van der Waals surface area contributed by atoms with E-state index in [-0.39, 0.29) is 17.6 Å². The number of nitrogens with one attached hydrogen (secondary N) is 2. The highest BCUT2D eigenvalue weighted by atomic mass is 79.9. The van der Waals surface area contributed by atoms with Crippen molar-refractivity contribution in [1.82, 2.24) is 20.4 Å². The van der Waals surface area contributed by atoms with E-state index in [0.717, 1.165) is 48.6 Å². The number of amides is 1. The van der Waals surface area contributed by atoms with E-state index in [0.29, 0.717) is 12.2 Å². The van der Waals surface area contributed by atoms with Gasteiger partial charge in [0.15, 0.2) is 5.69 Å². The Hall–Kier alpha value is -1.93. The van der Waals surface area contributed by atoms with Crippen molar-refractivity contribution >= 4 is 27.5 Å². The van der Waals surface area contributed by atoms with Gasteiger partial charge < -0.3 is 10.2 Å². The first kappa shape index (κ1) is 19.8. The molecule has 0 unspecified atom stereocenters. The van der Waals surface area contributed by atoms with E-state index >= 15 is 0 Å². The van der Waals surface area contributed by atoms with Crippen LogP contribution in [0.4, 0.5) is 10.1 Å². The van der Waals surface area contributed by atoms with E-state index in [9.17, 15) is 9.18 Å². The highest BCUT2D eigenvalue weighted by Crippen LogP contribution is 2.25. The van der Waals surface area contributed by atoms with Crippen molar-refractivity contribution in [1.29, 1.82) is 0 Å². The molecule has 27 heavy (non-hydrogen) atoms. The van der Waals surface area contributed by atoms with Crippen molar-refractivity contribution in [2.45, 2.75) is 19.8 Å². The van der Waals surface area contributed by atoms with Crippen molar-refractivity contribution in [3.8, 4) is 0 Å². The van der Waals surface area contributed by atoms with Gasteiger partial charge in [0.25, 0.3) is 5.91 Å². The number of piperazine rings is 1. The third-order valence-corrected chi connectivity index (χ3v) is 5.61. The largest absolute Gasteiger partial charge is 0.369 e. The average molecular weight is 438 g/mol. The summed E-state index contributed by atoms with van der Waals surface area (Å²) in [5.41, 5.74) is 2.38. The zero-order chi connectivity index (χ0) is 19.4. The van der Waals surface area contributed by atoms with Gasteiger partial charge in [-0.05, 0) is 46.1 Å². The number of hydrogen-bond donors (Lipinski definition) is 2. The van der Waals surface area contributed by atoms with Gasteiger partial charge in [-0.1, -0.05) is 13.8 Å². The SMILES string of the molecule is CC(C)c1[nH]nc(C(=O)NCCN2CCN(c3ccc(F)cc3)CC2)c1Br. The highest BCUT2D eigenvalue weighted by molar-refractivity contribution is 9.10. The second kappa shape index (κ2) is 8.84. The first-order chi connectivity index (χ1) is 13.0. The monoisotopic (exact) mass is 437 g/mol. The van der Waals surface area contributed by atoms with Crippen LogP contribution in [0.3, 0.4) is 0 Å². The van der Waals surface area contributed by atoms with Crippen LogP contribution in [-0.4, -0.2) is 60.3 Å². The number of benzene rings is 1. The molecule has 0 spiro atoms. The molecule has 0 bridgehead atoms. The second-order valence-corrected chi connectivity index (χ2v) is 7.81. The molecule has 0 atom stereocenters. The molecule has 1 saturated heterocycles. The van der Waals surface area contributed by atoms with Crippen LogP contribution in [0.25, 0.3) is 0 Å². The van der Waals surface area contributed by atoms with Crippen molar-refractivity contribution in [2.75, 3.05) is 44.2 Å². The molecule has 146 valence electrons. The smallest absolute Gasteiger partial charge is 0.273 e. The summed E-state index contributed by atoms with van der Waals surface area (Å²) in [6, 6.07) is 6.63. The fourth-order valence-corrected chi connectivity index (χ4v) is 3.98. The molecule has 0 saturated carbocycles. The fraction of sp³-hybridized carbons (Fsp3) is 0.474. The summed E-state index contributed by atoms with van der Waals surface area (Å²) in [6.07, 6.45) is 0. The third kappa shape index (κ3) is 4.87. The number of anilines is 1. The Labute approximate surface area is 167 Å². The minimum absolute atomic E-state index is 0.171. The zero-order valence-electron chi connectivity index (χ0n) is 15.6. The molecular formula is C19H25BrFN5O. The summed E-state index contributed by atoms with van der Waals surface area (Å²) in [5, 5.41) is 9.98. The van der Waals surface area contributed by atoms with E-state index in [1.165, 1.54) is 12.1 Å². The maximum absolute atomic E-state index is 13.0. The molecule has 1 amide bonds. The normalized spacial score (nSPS) is 15.4. The minimum Gasteiger partial charge on any atom is -0.369 e. The summed E-state index contributed by atoms with van der Waals surface area (Å²) >= 11 is 3.46. The van der Waals surface area contributed by atoms with Crippen LogP contribution in [0.5, 0.6) is 0 Å². The lowest BCUT2D eigenvalue weighted by atomic mass is 10.1. The van der Waals surface area contributed by atoms with E-state index < -0.39 is 0 Å². The van der Waals surface area contributed by atoms with Crippen molar-refractivity contribution < 1.29 is 9.18 Å². The molecule has 3 rings (SSSR count). The van der Waals surface area contributed by atoms with Gasteiger partial charge >= 0.3 is 0 Å². The number of carbonyl (C=O) groups excluding carboxylic acids is 1. The zero-order valence-corrected chi connectivity index (χ0v) is 17.2. The van der Waals surface area contributed by atoms with Gasteiger partial charge in [0, 0.05) is 45.0 Å². The Morgan fingerprint density at radius 1 is 1.26 bits per heavy atom. The molecule has 6 nitrogen and oxygen atoms in total. The maximum Gasteiger partial charge on any atom is 0.273 e. The van der Waals surface area contributed by atoms with Crippen LogP contribution < -0.4 is 10.2 Å². The highest BCUT2D eigenvalue weighted by Gasteiger charge is 2.20. The van der Waals surface area contributed by atoms with E-state index in [1.807, 2.05) is 26.0 Å². The van der Waals surface area contributed by atoms with Crippen molar-refractivity contribution in [3.05, 3.63) is 45.9 Å². The van der Waals surface area contributed by atoms with Crippen LogP contribution in [-0.2, 0) is 0 Å². The summed E-state index contributed by atoms with van der Waals surface area (Å²) in [5.74, 6) is -0.113. The first-order valence-corrected chi connectivity index (χ1v) is 10.00. The topological polar surface area (TPSA) is 64.3 Å². The van der Waals surface area contributed by atoms with Crippen LogP contribution in [0.1, 0.15) is 35.9 Å². The average Bonchev–Trinajstić information content (AvgIpc) is 3.05. The molecule has 8 heteroatoms. The van der Waals surface area contributed by atoms with Gasteiger partial charge in [0.1, 0.15) is 5.82 Å². The predicted octanol–water partition coefficient (Wildman–Crippen LogP) is 2.99. The van der Waals surface area contributed by atoms with Crippen molar-refractivity contribution in [3.63, 3.8) is 0 Å². The van der Waals surface area contributed by atoms with Crippen LogP contribution in [0.2, 0.25) is 0 Å². The van der Waals surface area contributed by atoms with E-state index in [1.54, 1.807) is 0 Å². The Morgan fingerprint density at radius 3 is 2.52 bits per heavy atom. The van der Waals surface area contributed by atoms with Gasteiger partial charge in [-0.25, -0.2) is 4.39 Å². The molecule has 1 aliphatic rings. The van der Waals surface area contributed by atoms with Crippen LogP contribution >= 0.6 is 15.9 Å². The minimum atomic E-state index is -0.211. The molecule has 2 N–H and O–H groups in total. The molecule has 2 heterocycles. The van der Waals surface area contributed by atoms with Gasteiger partial charge in [-0.3, -0.25) is 14.8 Å². The number of carbonyl (C=O) groups is 1. The second-order valence-electron chi connectivity index (χ2n) is 7.02. The van der Waals surface area contributed by atoms with Gasteiger partial charge in [-0.2, -0.15) is 5.10 Å². The molecular weight excluding hydrogens is 413 g/mol. The molecule has 0 radical (unpaired) electrons. The van der Waals surface area contributed by atoms with Gasteiger partial charge in [-0.15, -0.1) is 0 Å². The summed E-state index contributed by atoms with van der Waals surface area (Å²) < 4.78 is 13.8. The quantitative estimate of drug-likeness (QED) is 0.728. The Bertz CT molecular complexity index is 769. The molecule has 1 aromatic heterocycles. The first-order valence-electron chi connectivity index (χ1n) is 9.20. The summed E-state index contributed by atoms with van der Waals surface area (Å²) in [7, 11) is 0. The number of halogens is 2. The number of rotatable bonds is 6. The molecule has 0 aliphatic carbocycles. The standard InChI is InChI=1S/C19H25BrFN5O/c1-13(2)17-16(20)18(24-23-17)19(27)22-7-8-25-9-11-26(12-10-25)15-5-3-14(21)4-6-15/h3-6,13H,7-12H2,1-2H3,(H,22,27)(H,23,24). The fourth-order valence-electron chi connectivity index (χ4n) is 3.17. The maximum atomic E-state index is 13.0. The number of aromatic nitrogens is 2. The Kier molecular flexibility index (Phi) is 6.49. The summed E-state index contributed by atoms with van der Waals surface area (Å²) in [4.78, 5) is 16.9. The molecule has 1 fully saturated rings. The van der Waals surface area contributed by atoms with Crippen LogP contribution in [0, 0.1) is 5.82 Å². The number of H-pyrrole nitrogens is 1. The molecule has 2 aromatic rings. The Balaban J connectivity index is 1.43. The number of nitrogens with zero attached hydrogens (tertiary/aromatic N) is 3. The Morgan fingerprint density at radius 2 is 1.93 bits per heavy atom. The van der Waals surface area contributed by atoms with Gasteiger partial charge in [0.2, 0.25) is 0 Å². The van der Waals surface area contributed by atoms with Gasteiger partial charge in [0.05, 0.1) is 10.2 Å². The lowest BCUT2D eigenvalue weighted by molar-refractivity contribution is 0.0942. The lowest BCUT2D eigenvalue weighted by Crippen LogP contribution is -2.48. The third-order valence-electron chi connectivity index (χ3n) is 4.80. The number of hydrogen-bond acceptors (Lipinski definition) is 4. The predicted molar refractivity (Wildman–Crippen MR) is 108 cm³/mol. The van der Waals surface area contributed by atoms with Crippen LogP contribution in [0.15, 0.2) is 28.7 Å². The van der Waals surface area contributed by atoms with E-state index in [4.69, 9.17) is 0 Å². The number of aromatic amines is 1. The van der Waals surface area contributed by atoms with Crippen molar-refractivity contribution in [2.24, 2.45) is 0 Å². The summed E-state index contributed by atoms with van der Waals surface area (Å²) in [6.45, 7) is 9.07. The van der Waals surface area contributed by atoms with E-state index in [2.05, 4.69) is 41.2 Å².